The smallest absolute Gasteiger partial charge is 0.409 e. The molecular weight excluding hydrogens is 504 g/mol. The van der Waals surface area contributed by atoms with Crippen LogP contribution in [0.4, 0.5) is 4.79 Å². The number of hydrogen-bond donors (Lipinski definition) is 2. The van der Waals surface area contributed by atoms with Gasteiger partial charge in [0.15, 0.2) is 0 Å². The number of carboxylic acid groups (broad SMARTS) is 1. The first-order valence-electron chi connectivity index (χ1n) is 12.5. The molecule has 11 heteroatoms. The molecule has 2 heterocycles. The van der Waals surface area contributed by atoms with Gasteiger partial charge in [0.25, 0.3) is 5.91 Å². The number of carbonyl (C=O) groups is 4. The number of amides is 3. The molecule has 0 bridgehead atoms. The second-order valence-corrected chi connectivity index (χ2v) is 9.06. The summed E-state index contributed by atoms with van der Waals surface area (Å²) in [7, 11) is 1.42. The molecule has 0 spiro atoms. The van der Waals surface area contributed by atoms with Crippen molar-refractivity contribution in [2.24, 2.45) is 5.73 Å². The van der Waals surface area contributed by atoms with Gasteiger partial charge in [0.05, 0.1) is 36.4 Å². The third-order valence-electron chi connectivity index (χ3n) is 6.68. The molecule has 2 aromatic carbocycles. The van der Waals surface area contributed by atoms with E-state index in [1.165, 1.54) is 24.1 Å². The van der Waals surface area contributed by atoms with Crippen molar-refractivity contribution in [2.75, 3.05) is 39.9 Å². The Morgan fingerprint density at radius 2 is 1.72 bits per heavy atom. The summed E-state index contributed by atoms with van der Waals surface area (Å²) >= 11 is 0. The fourth-order valence-electron chi connectivity index (χ4n) is 4.81. The van der Waals surface area contributed by atoms with Gasteiger partial charge in [0, 0.05) is 31.6 Å². The van der Waals surface area contributed by atoms with Gasteiger partial charge in [-0.05, 0) is 43.2 Å². The van der Waals surface area contributed by atoms with E-state index < -0.39 is 23.9 Å². The number of carboxylic acids is 1. The lowest BCUT2D eigenvalue weighted by molar-refractivity contribution is -0.134. The molecule has 3 N–H and O–H groups in total. The molecule has 11 nitrogen and oxygen atoms in total. The van der Waals surface area contributed by atoms with Crippen LogP contribution in [0.15, 0.2) is 48.5 Å². The van der Waals surface area contributed by atoms with E-state index in [4.69, 9.17) is 20.2 Å². The fraction of sp³-hybridized carbons (Fsp3) is 0.321. The zero-order valence-electron chi connectivity index (χ0n) is 21.8. The van der Waals surface area contributed by atoms with Crippen molar-refractivity contribution >= 4 is 34.8 Å². The predicted octanol–water partition coefficient (Wildman–Crippen LogP) is 2.67. The molecule has 1 fully saturated rings. The fourth-order valence-corrected chi connectivity index (χ4v) is 4.81. The Morgan fingerprint density at radius 3 is 2.36 bits per heavy atom. The lowest BCUT2D eigenvalue weighted by atomic mass is 9.89. The standard InChI is InChI=1S/C28H30N4O7/c1-3-39-28(37)32-13-11-31(12-14-32)26(34)20(16-17-7-6-8-18(15-17)27(35)36)23-22(25(29)33)24(38-2)19-9-4-5-10-21(19)30-23/h4-10,15,20H,3,11-14,16H2,1-2H3,(H2,29,33)(H,35,36). The highest BCUT2D eigenvalue weighted by molar-refractivity contribution is 6.04. The SMILES string of the molecule is CCOC(=O)N1CCN(C(=O)C(Cc2cccc(C(=O)O)c2)c2nc3ccccc3c(OC)c2C(N)=O)CC1. The van der Waals surface area contributed by atoms with Gasteiger partial charge in [-0.15, -0.1) is 0 Å². The molecule has 1 saturated heterocycles. The molecule has 0 radical (unpaired) electrons. The van der Waals surface area contributed by atoms with Crippen molar-refractivity contribution in [3.63, 3.8) is 0 Å². The Kier molecular flexibility index (Phi) is 8.28. The van der Waals surface area contributed by atoms with E-state index in [9.17, 15) is 24.3 Å². The van der Waals surface area contributed by atoms with Gasteiger partial charge in [-0.2, -0.15) is 0 Å². The Bertz CT molecular complexity index is 1420. The van der Waals surface area contributed by atoms with Crippen LogP contribution >= 0.6 is 0 Å². The lowest BCUT2D eigenvalue weighted by Crippen LogP contribution is -2.52. The summed E-state index contributed by atoms with van der Waals surface area (Å²) in [6.45, 7) is 3.04. The predicted molar refractivity (Wildman–Crippen MR) is 142 cm³/mol. The van der Waals surface area contributed by atoms with Gasteiger partial charge in [0.1, 0.15) is 11.3 Å². The van der Waals surface area contributed by atoms with Crippen LogP contribution in [0.25, 0.3) is 10.9 Å². The Balaban J connectivity index is 1.79. The molecule has 1 aliphatic heterocycles. The Morgan fingerprint density at radius 1 is 1.03 bits per heavy atom. The van der Waals surface area contributed by atoms with E-state index >= 15 is 0 Å². The van der Waals surface area contributed by atoms with E-state index in [-0.39, 0.29) is 67.7 Å². The summed E-state index contributed by atoms with van der Waals surface area (Å²) in [6, 6.07) is 13.3. The third kappa shape index (κ3) is 5.77. The number of aromatic carboxylic acids is 1. The highest BCUT2D eigenvalue weighted by atomic mass is 16.6. The monoisotopic (exact) mass is 534 g/mol. The summed E-state index contributed by atoms with van der Waals surface area (Å²) in [5.41, 5.74) is 7.12. The van der Waals surface area contributed by atoms with Gasteiger partial charge in [0.2, 0.25) is 5.91 Å². The topological polar surface area (TPSA) is 152 Å². The minimum atomic E-state index is -1.10. The van der Waals surface area contributed by atoms with Crippen molar-refractivity contribution in [3.05, 3.63) is 70.9 Å². The lowest BCUT2D eigenvalue weighted by Gasteiger charge is -2.36. The van der Waals surface area contributed by atoms with Crippen LogP contribution in [0.3, 0.4) is 0 Å². The van der Waals surface area contributed by atoms with E-state index in [0.717, 1.165) is 0 Å². The van der Waals surface area contributed by atoms with E-state index in [1.807, 2.05) is 0 Å². The minimum Gasteiger partial charge on any atom is -0.495 e. The maximum Gasteiger partial charge on any atom is 0.409 e. The second kappa shape index (κ2) is 11.8. The summed E-state index contributed by atoms with van der Waals surface area (Å²) in [5.74, 6) is -2.99. The van der Waals surface area contributed by atoms with Crippen molar-refractivity contribution in [1.82, 2.24) is 14.8 Å². The van der Waals surface area contributed by atoms with Crippen molar-refractivity contribution in [1.29, 1.82) is 0 Å². The molecule has 1 unspecified atom stereocenters. The van der Waals surface area contributed by atoms with Gasteiger partial charge in [-0.3, -0.25) is 14.6 Å². The molecule has 3 aromatic rings. The Hall–Kier alpha value is -4.67. The molecule has 1 atom stereocenters. The Labute approximate surface area is 225 Å². The third-order valence-corrected chi connectivity index (χ3v) is 6.68. The number of ether oxygens (including phenoxy) is 2. The molecular formula is C28H30N4O7. The van der Waals surface area contributed by atoms with Crippen LogP contribution in [-0.2, 0) is 16.0 Å². The largest absolute Gasteiger partial charge is 0.495 e. The maximum absolute atomic E-state index is 14.1. The zero-order chi connectivity index (χ0) is 28.1. The molecule has 204 valence electrons. The number of nitrogens with zero attached hydrogens (tertiary/aromatic N) is 3. The molecule has 0 aliphatic carbocycles. The van der Waals surface area contributed by atoms with Crippen molar-refractivity contribution in [2.45, 2.75) is 19.3 Å². The number of benzene rings is 2. The highest BCUT2D eigenvalue weighted by Crippen LogP contribution is 2.36. The second-order valence-electron chi connectivity index (χ2n) is 9.06. The van der Waals surface area contributed by atoms with Crippen LogP contribution in [0.5, 0.6) is 5.75 Å². The summed E-state index contributed by atoms with van der Waals surface area (Å²) in [4.78, 5) is 58.4. The molecule has 3 amide bonds. The van der Waals surface area contributed by atoms with Gasteiger partial charge in [-0.1, -0.05) is 24.3 Å². The number of para-hydroxylation sites is 1. The van der Waals surface area contributed by atoms with Gasteiger partial charge < -0.3 is 30.1 Å². The first-order valence-corrected chi connectivity index (χ1v) is 12.5. The van der Waals surface area contributed by atoms with Gasteiger partial charge in [-0.25, -0.2) is 9.59 Å². The molecule has 1 aliphatic rings. The minimum absolute atomic E-state index is 0.00546. The molecule has 39 heavy (non-hydrogen) atoms. The number of pyridine rings is 1. The first kappa shape index (κ1) is 27.4. The number of hydrogen-bond acceptors (Lipinski definition) is 7. The normalized spacial score (nSPS) is 14.1. The van der Waals surface area contributed by atoms with Crippen LogP contribution in [0.1, 0.15) is 44.8 Å². The van der Waals surface area contributed by atoms with Gasteiger partial charge >= 0.3 is 12.1 Å². The number of piperazine rings is 1. The van der Waals surface area contributed by atoms with E-state index in [2.05, 4.69) is 0 Å². The van der Waals surface area contributed by atoms with Crippen molar-refractivity contribution < 1.29 is 33.8 Å². The molecule has 4 rings (SSSR count). The zero-order valence-corrected chi connectivity index (χ0v) is 21.8. The number of aromatic nitrogens is 1. The average molecular weight is 535 g/mol. The maximum atomic E-state index is 14.1. The van der Waals surface area contributed by atoms with Crippen LogP contribution in [0.2, 0.25) is 0 Å². The van der Waals surface area contributed by atoms with Crippen LogP contribution in [0, 0.1) is 0 Å². The quantitative estimate of drug-likeness (QED) is 0.447. The van der Waals surface area contributed by atoms with E-state index in [1.54, 1.807) is 48.2 Å². The molecule has 1 aromatic heterocycles. The number of primary amides is 1. The van der Waals surface area contributed by atoms with E-state index in [0.29, 0.717) is 16.5 Å². The highest BCUT2D eigenvalue weighted by Gasteiger charge is 2.35. The number of methoxy groups -OCH3 is 1. The summed E-state index contributed by atoms with van der Waals surface area (Å²) < 4.78 is 10.7. The number of fused-ring (bicyclic) bond motifs is 1. The van der Waals surface area contributed by atoms with Crippen molar-refractivity contribution in [3.8, 4) is 5.75 Å². The van der Waals surface area contributed by atoms with Crippen LogP contribution < -0.4 is 10.5 Å². The molecule has 0 saturated carbocycles. The van der Waals surface area contributed by atoms with Crippen LogP contribution in [-0.4, -0.2) is 83.7 Å². The summed E-state index contributed by atoms with van der Waals surface area (Å²) in [6.07, 6.45) is -0.379. The number of carbonyl (C=O) groups excluding carboxylic acids is 3. The first-order chi connectivity index (χ1) is 18.7. The summed E-state index contributed by atoms with van der Waals surface area (Å²) in [5, 5.41) is 10.0. The average Bonchev–Trinajstić information content (AvgIpc) is 2.94. The number of rotatable bonds is 8. The number of nitrogens with two attached hydrogens (primary N) is 1.